The number of halogens is 4. The molecule has 344 valence electrons. The average molecular weight is 953 g/mol. The summed E-state index contributed by atoms with van der Waals surface area (Å²) in [4.78, 5) is 22.9. The number of hydrogen-bond acceptors (Lipinski definition) is 10. The number of alkyl halides is 3. The van der Waals surface area contributed by atoms with Crippen molar-refractivity contribution in [2.24, 2.45) is 5.41 Å². The second-order valence-electron chi connectivity index (χ2n) is 17.5. The number of nitrogens with one attached hydrogen (secondary N) is 2. The molecule has 12 nitrogen and oxygen atoms in total. The summed E-state index contributed by atoms with van der Waals surface area (Å²) in [6.45, 7) is 6.74. The van der Waals surface area contributed by atoms with Crippen molar-refractivity contribution in [2.45, 2.75) is 79.6 Å². The SMILES string of the molecule is CN(c1ccc(S(=O)(=O)NC(=O)c2ccc(C3C=CN(CC4=C(c5ccc(Cl)cc5)CC(C)(C)CC4)CC3)cc2Oc2cnc3[nH]ccc3c2)cc1S(=O)(=O)C(F)(F)F)C1CCOCC1. The Morgan fingerprint density at radius 1 is 1.02 bits per heavy atom. The summed E-state index contributed by atoms with van der Waals surface area (Å²) in [5.74, 6) is -1.000. The third-order valence-corrected chi connectivity index (χ3v) is 15.6. The summed E-state index contributed by atoms with van der Waals surface area (Å²) in [5, 5.41) is 1.41. The number of fused-ring (bicyclic) bond motifs is 1. The second kappa shape index (κ2) is 18.1. The van der Waals surface area contributed by atoms with Crippen LogP contribution in [0.1, 0.15) is 79.8 Å². The zero-order valence-electron chi connectivity index (χ0n) is 36.0. The highest BCUT2D eigenvalue weighted by atomic mass is 35.5. The Hall–Kier alpha value is -5.36. The lowest BCUT2D eigenvalue weighted by Gasteiger charge is -2.36. The van der Waals surface area contributed by atoms with Crippen molar-refractivity contribution < 1.29 is 44.3 Å². The van der Waals surface area contributed by atoms with Crippen LogP contribution in [0.5, 0.6) is 11.5 Å². The molecule has 0 spiro atoms. The van der Waals surface area contributed by atoms with Gasteiger partial charge in [-0.05, 0) is 127 Å². The zero-order chi connectivity index (χ0) is 46.3. The van der Waals surface area contributed by atoms with E-state index in [1.165, 1.54) is 40.9 Å². The van der Waals surface area contributed by atoms with Crippen molar-refractivity contribution in [1.29, 1.82) is 0 Å². The molecule has 1 unspecified atom stereocenters. The van der Waals surface area contributed by atoms with Gasteiger partial charge >= 0.3 is 5.51 Å². The molecular weight excluding hydrogens is 903 g/mol. The first-order valence-corrected chi connectivity index (χ1v) is 24.6. The minimum atomic E-state index is -6.05. The molecule has 1 fully saturated rings. The van der Waals surface area contributed by atoms with Crippen molar-refractivity contribution >= 4 is 59.7 Å². The number of hydrogen-bond donors (Lipinski definition) is 2. The lowest BCUT2D eigenvalue weighted by atomic mass is 9.72. The predicted octanol–water partition coefficient (Wildman–Crippen LogP) is 10.0. The number of aromatic amines is 1. The smallest absolute Gasteiger partial charge is 0.455 e. The summed E-state index contributed by atoms with van der Waals surface area (Å²) in [7, 11) is -9.56. The molecule has 8 rings (SSSR count). The van der Waals surface area contributed by atoms with E-state index in [1.54, 1.807) is 30.5 Å². The number of benzene rings is 3. The van der Waals surface area contributed by atoms with Crippen molar-refractivity contribution in [3.05, 3.63) is 125 Å². The molecule has 1 aliphatic carbocycles. The fourth-order valence-electron chi connectivity index (χ4n) is 8.76. The van der Waals surface area contributed by atoms with Crippen LogP contribution in [-0.4, -0.2) is 82.5 Å². The van der Waals surface area contributed by atoms with E-state index in [4.69, 9.17) is 21.1 Å². The number of amides is 1. The minimum absolute atomic E-state index is 0.000861. The van der Waals surface area contributed by atoms with Crippen LogP contribution in [0.3, 0.4) is 0 Å². The van der Waals surface area contributed by atoms with Crippen molar-refractivity contribution in [3.63, 3.8) is 0 Å². The molecule has 0 bridgehead atoms. The normalized spacial score (nSPS) is 18.5. The highest BCUT2D eigenvalue weighted by Gasteiger charge is 2.49. The standard InChI is InChI=1S/C47H49ClF3N5O7S2/c1-46(2)18-12-34(40(27-46)31-4-7-35(48)8-5-31)29-56-20-14-30(15-21-56)32-6-10-39(42(25-32)63-37-24-33-13-19-52-44(33)53-28-37)45(57)54-65(60,61)38-9-11-41(55(3)36-16-22-62-23-17-36)43(26-38)64(58,59)47(49,50)51/h4-11,13-14,19-20,24-26,28,30,36H,12,15-18,21-23,27,29H2,1-3H3,(H,52,53)(H,54,57). The molecule has 2 aliphatic heterocycles. The third kappa shape index (κ3) is 10.1. The molecule has 3 aliphatic rings. The Balaban J connectivity index is 1.07. The van der Waals surface area contributed by atoms with E-state index in [1.807, 2.05) is 16.9 Å². The fraction of sp³-hybridized carbons (Fsp3) is 0.362. The highest BCUT2D eigenvalue weighted by molar-refractivity contribution is 7.92. The van der Waals surface area contributed by atoms with Crippen LogP contribution >= 0.6 is 11.6 Å². The van der Waals surface area contributed by atoms with Crippen molar-refractivity contribution in [2.75, 3.05) is 38.3 Å². The fourth-order valence-corrected chi connectivity index (χ4v) is 11.0. The van der Waals surface area contributed by atoms with Gasteiger partial charge in [-0.2, -0.15) is 13.2 Å². The number of allylic oxidation sites excluding steroid dienone is 2. The second-order valence-corrected chi connectivity index (χ2v) is 21.6. The van der Waals surface area contributed by atoms with Crippen LogP contribution in [0.15, 0.2) is 113 Å². The Bertz CT molecular complexity index is 2890. The first kappa shape index (κ1) is 46.2. The maximum atomic E-state index is 14.1. The Labute approximate surface area is 381 Å². The lowest BCUT2D eigenvalue weighted by Crippen LogP contribution is -2.38. The summed E-state index contributed by atoms with van der Waals surface area (Å²) in [6, 6.07) is 18.3. The first-order valence-electron chi connectivity index (χ1n) is 21.3. The Morgan fingerprint density at radius 3 is 2.48 bits per heavy atom. The number of sulfone groups is 1. The number of ether oxygens (including phenoxy) is 2. The van der Waals surface area contributed by atoms with Crippen LogP contribution in [-0.2, 0) is 24.6 Å². The van der Waals surface area contributed by atoms with Crippen molar-refractivity contribution in [3.8, 4) is 11.5 Å². The van der Waals surface area contributed by atoms with E-state index in [-0.39, 0.29) is 40.1 Å². The maximum Gasteiger partial charge on any atom is 0.501 e. The van der Waals surface area contributed by atoms with Gasteiger partial charge in [0.2, 0.25) is 0 Å². The molecule has 1 saturated heterocycles. The number of carbonyl (C=O) groups excluding carboxylic acids is 1. The summed E-state index contributed by atoms with van der Waals surface area (Å²) < 4.78 is 109. The monoisotopic (exact) mass is 951 g/mol. The van der Waals surface area contributed by atoms with E-state index >= 15 is 0 Å². The molecule has 1 atom stereocenters. The van der Waals surface area contributed by atoms with Gasteiger partial charge < -0.3 is 24.3 Å². The number of anilines is 1. The predicted molar refractivity (Wildman–Crippen MR) is 243 cm³/mol. The minimum Gasteiger partial charge on any atom is -0.455 e. The number of aromatic nitrogens is 2. The van der Waals surface area contributed by atoms with Crippen LogP contribution in [0.25, 0.3) is 16.6 Å². The Morgan fingerprint density at radius 2 is 1.77 bits per heavy atom. The number of sulfonamides is 1. The van der Waals surface area contributed by atoms with E-state index in [9.17, 15) is 34.8 Å². The highest BCUT2D eigenvalue weighted by Crippen LogP contribution is 2.44. The molecule has 5 aromatic rings. The van der Waals surface area contributed by atoms with Gasteiger partial charge in [-0.1, -0.05) is 49.7 Å². The van der Waals surface area contributed by atoms with Gasteiger partial charge in [0.15, 0.2) is 0 Å². The number of nitrogens with zero attached hydrogens (tertiary/aromatic N) is 3. The summed E-state index contributed by atoms with van der Waals surface area (Å²) >= 11 is 6.22. The molecule has 4 heterocycles. The maximum absolute atomic E-state index is 14.1. The van der Waals surface area contributed by atoms with Gasteiger partial charge in [-0.25, -0.2) is 26.5 Å². The number of pyridine rings is 1. The van der Waals surface area contributed by atoms with E-state index < -0.39 is 41.1 Å². The molecule has 65 heavy (non-hydrogen) atoms. The van der Waals surface area contributed by atoms with Gasteiger partial charge in [0.25, 0.3) is 25.8 Å². The van der Waals surface area contributed by atoms with E-state index in [0.717, 1.165) is 56.5 Å². The Kier molecular flexibility index (Phi) is 12.9. The average Bonchev–Trinajstić information content (AvgIpc) is 3.75. The van der Waals surface area contributed by atoms with Gasteiger partial charge in [0, 0.05) is 61.9 Å². The number of carbonyl (C=O) groups is 1. The molecular formula is C47H49ClF3N5O7S2. The lowest BCUT2D eigenvalue weighted by molar-refractivity contribution is -0.0436. The van der Waals surface area contributed by atoms with E-state index in [0.29, 0.717) is 48.2 Å². The van der Waals surface area contributed by atoms with Gasteiger partial charge in [-0.15, -0.1) is 0 Å². The molecule has 2 aromatic heterocycles. The van der Waals surface area contributed by atoms with Crippen LogP contribution in [0.2, 0.25) is 5.02 Å². The van der Waals surface area contributed by atoms with Gasteiger partial charge in [0.1, 0.15) is 22.0 Å². The van der Waals surface area contributed by atoms with E-state index in [2.05, 4.69) is 53.1 Å². The molecule has 0 saturated carbocycles. The molecule has 3 aromatic carbocycles. The van der Waals surface area contributed by atoms with Crippen molar-refractivity contribution in [1.82, 2.24) is 19.6 Å². The zero-order valence-corrected chi connectivity index (χ0v) is 38.4. The number of rotatable bonds is 12. The van der Waals surface area contributed by atoms with Crippen LogP contribution in [0, 0.1) is 5.41 Å². The summed E-state index contributed by atoms with van der Waals surface area (Å²) in [5.41, 5.74) is -0.805. The third-order valence-electron chi connectivity index (χ3n) is 12.5. The largest absolute Gasteiger partial charge is 0.501 e. The molecule has 1 amide bonds. The summed E-state index contributed by atoms with van der Waals surface area (Å²) in [6.07, 6.45) is 11.9. The number of H-pyrrole nitrogens is 1. The quantitative estimate of drug-likeness (QED) is 0.124. The van der Waals surface area contributed by atoms with Gasteiger partial charge in [0.05, 0.1) is 22.3 Å². The molecule has 18 heteroatoms. The van der Waals surface area contributed by atoms with Crippen LogP contribution in [0.4, 0.5) is 18.9 Å². The first-order chi connectivity index (χ1) is 30.8. The topological polar surface area (TPSA) is 151 Å². The van der Waals surface area contributed by atoms with Gasteiger partial charge in [-0.3, -0.25) is 4.79 Å². The van der Waals surface area contributed by atoms with Crippen LogP contribution < -0.4 is 14.4 Å². The molecule has 2 N–H and O–H groups in total. The molecule has 0 radical (unpaired) electrons.